The lowest BCUT2D eigenvalue weighted by Crippen LogP contribution is -2.40. The number of benzene rings is 1. The fraction of sp³-hybridized carbons (Fsp3) is 0.333. The number of rotatable bonds is 4. The van der Waals surface area contributed by atoms with E-state index in [0.29, 0.717) is 17.4 Å². The Balaban J connectivity index is 1.77. The highest BCUT2D eigenvalue weighted by atomic mass is 32.2. The highest BCUT2D eigenvalue weighted by molar-refractivity contribution is 7.91. The minimum absolute atomic E-state index is 0.0583. The van der Waals surface area contributed by atoms with Crippen LogP contribution in [0.1, 0.15) is 33.0 Å². The molecule has 1 atom stereocenters. The molecule has 8 heteroatoms. The first-order valence-corrected chi connectivity index (χ1v) is 12.0. The Morgan fingerprint density at radius 3 is 2.72 bits per heavy atom. The van der Waals surface area contributed by atoms with Crippen LogP contribution in [0.25, 0.3) is 11.0 Å². The first-order chi connectivity index (χ1) is 13.7. The predicted octanol–water partition coefficient (Wildman–Crippen LogP) is 3.30. The largest absolute Gasteiger partial charge is 0.450 e. The van der Waals surface area contributed by atoms with E-state index < -0.39 is 21.8 Å². The van der Waals surface area contributed by atoms with Crippen LogP contribution in [0.4, 0.5) is 0 Å². The van der Waals surface area contributed by atoms with Crippen LogP contribution in [-0.2, 0) is 16.4 Å². The van der Waals surface area contributed by atoms with E-state index >= 15 is 0 Å². The topological polar surface area (TPSA) is 84.7 Å². The molecule has 0 aliphatic carbocycles. The van der Waals surface area contributed by atoms with Crippen LogP contribution in [0.15, 0.2) is 44.9 Å². The van der Waals surface area contributed by atoms with E-state index in [1.165, 1.54) is 22.3 Å². The molecule has 0 bridgehead atoms. The Morgan fingerprint density at radius 1 is 1.28 bits per heavy atom. The molecular weight excluding hydrogens is 410 g/mol. The normalized spacial score (nSPS) is 18.2. The quantitative estimate of drug-likeness (QED) is 0.633. The average molecular weight is 432 g/mol. The lowest BCUT2D eigenvalue weighted by atomic mass is 10.1. The van der Waals surface area contributed by atoms with Gasteiger partial charge in [0.1, 0.15) is 5.58 Å². The van der Waals surface area contributed by atoms with Crippen molar-refractivity contribution in [1.29, 1.82) is 0 Å². The number of fused-ring (bicyclic) bond motifs is 1. The van der Waals surface area contributed by atoms with Gasteiger partial charge in [0, 0.05) is 17.0 Å². The summed E-state index contributed by atoms with van der Waals surface area (Å²) >= 11 is 1.50. The van der Waals surface area contributed by atoms with Crippen LogP contribution in [0.2, 0.25) is 0 Å². The summed E-state index contributed by atoms with van der Waals surface area (Å²) in [4.78, 5) is 28.4. The van der Waals surface area contributed by atoms with Gasteiger partial charge in [-0.2, -0.15) is 0 Å². The highest BCUT2D eigenvalue weighted by Gasteiger charge is 2.36. The van der Waals surface area contributed by atoms with E-state index in [2.05, 4.69) is 0 Å². The third-order valence-electron chi connectivity index (χ3n) is 5.44. The highest BCUT2D eigenvalue weighted by Crippen LogP contribution is 2.26. The van der Waals surface area contributed by atoms with Crippen LogP contribution in [-0.4, -0.2) is 36.8 Å². The van der Waals surface area contributed by atoms with E-state index in [1.807, 2.05) is 37.4 Å². The molecule has 1 aliphatic rings. The fourth-order valence-electron chi connectivity index (χ4n) is 3.66. The molecule has 1 fully saturated rings. The number of nitrogens with zero attached hydrogens (tertiary/aromatic N) is 1. The molecular formula is C21H21NO5S2. The number of thiophene rings is 1. The van der Waals surface area contributed by atoms with E-state index in [9.17, 15) is 18.0 Å². The third-order valence-corrected chi connectivity index (χ3v) is 8.05. The maximum absolute atomic E-state index is 13.4. The number of hydrogen-bond acceptors (Lipinski definition) is 6. The van der Waals surface area contributed by atoms with Gasteiger partial charge in [0.05, 0.1) is 23.4 Å². The molecule has 1 aromatic carbocycles. The van der Waals surface area contributed by atoms with Crippen molar-refractivity contribution < 1.29 is 17.6 Å². The van der Waals surface area contributed by atoms with Crippen molar-refractivity contribution in [1.82, 2.24) is 4.90 Å². The molecule has 152 valence electrons. The molecule has 6 nitrogen and oxygen atoms in total. The van der Waals surface area contributed by atoms with Crippen molar-refractivity contribution >= 4 is 38.1 Å². The van der Waals surface area contributed by atoms with Gasteiger partial charge >= 0.3 is 0 Å². The second kappa shape index (κ2) is 7.42. The Bertz CT molecular complexity index is 1240. The van der Waals surface area contributed by atoms with Crippen LogP contribution < -0.4 is 5.43 Å². The molecule has 4 rings (SSSR count). The fourth-order valence-corrected chi connectivity index (χ4v) is 6.09. The maximum Gasteiger partial charge on any atom is 0.290 e. The van der Waals surface area contributed by atoms with Crippen molar-refractivity contribution in [3.05, 3.63) is 67.7 Å². The zero-order valence-corrected chi connectivity index (χ0v) is 17.8. The molecule has 0 saturated carbocycles. The van der Waals surface area contributed by atoms with Crippen molar-refractivity contribution in [2.45, 2.75) is 32.9 Å². The number of carbonyl (C=O) groups excluding carboxylic acids is 1. The zero-order valence-electron chi connectivity index (χ0n) is 16.2. The van der Waals surface area contributed by atoms with Crippen LogP contribution in [0.3, 0.4) is 0 Å². The molecule has 0 radical (unpaired) electrons. The monoisotopic (exact) mass is 431 g/mol. The van der Waals surface area contributed by atoms with E-state index in [-0.39, 0.29) is 29.2 Å². The Kier molecular flexibility index (Phi) is 5.08. The van der Waals surface area contributed by atoms with Crippen molar-refractivity contribution in [3.8, 4) is 0 Å². The molecule has 2 aromatic heterocycles. The summed E-state index contributed by atoms with van der Waals surface area (Å²) in [5.41, 5.74) is 1.88. The van der Waals surface area contributed by atoms with Crippen molar-refractivity contribution in [3.63, 3.8) is 0 Å². The molecule has 0 N–H and O–H groups in total. The smallest absolute Gasteiger partial charge is 0.290 e. The minimum atomic E-state index is -3.17. The summed E-state index contributed by atoms with van der Waals surface area (Å²) in [7, 11) is -3.17. The average Bonchev–Trinajstić information content (AvgIpc) is 3.31. The number of hydrogen-bond donors (Lipinski definition) is 0. The van der Waals surface area contributed by atoms with Gasteiger partial charge in [0.25, 0.3) is 5.91 Å². The maximum atomic E-state index is 13.4. The van der Waals surface area contributed by atoms with Crippen molar-refractivity contribution in [2.24, 2.45) is 0 Å². The molecule has 3 heterocycles. The number of carbonyl (C=O) groups is 1. The molecule has 3 aromatic rings. The third kappa shape index (κ3) is 3.86. The van der Waals surface area contributed by atoms with Gasteiger partial charge in [-0.05, 0) is 48.9 Å². The molecule has 1 aliphatic heterocycles. The van der Waals surface area contributed by atoms with Crippen molar-refractivity contribution in [2.75, 3.05) is 11.5 Å². The van der Waals surface area contributed by atoms with Gasteiger partial charge in [-0.25, -0.2) is 8.42 Å². The summed E-state index contributed by atoms with van der Waals surface area (Å²) < 4.78 is 29.9. The molecule has 1 unspecified atom stereocenters. The van der Waals surface area contributed by atoms with E-state index in [1.54, 1.807) is 6.07 Å². The lowest BCUT2D eigenvalue weighted by Gasteiger charge is -2.27. The van der Waals surface area contributed by atoms with Gasteiger partial charge in [0.15, 0.2) is 21.0 Å². The summed E-state index contributed by atoms with van der Waals surface area (Å²) in [6, 6.07) is 8.11. The Morgan fingerprint density at radius 2 is 2.07 bits per heavy atom. The minimum Gasteiger partial charge on any atom is -0.450 e. The van der Waals surface area contributed by atoms with Gasteiger partial charge < -0.3 is 9.32 Å². The number of sulfone groups is 1. The van der Waals surface area contributed by atoms with Gasteiger partial charge in [-0.3, -0.25) is 9.59 Å². The Hall–Kier alpha value is -2.45. The van der Waals surface area contributed by atoms with Crippen LogP contribution >= 0.6 is 11.3 Å². The standard InChI is InChI=1S/C21H21NO5S2/c1-13-5-6-17-18(23)10-19(27-20(17)14(13)2)21(24)22(11-16-4-3-8-28-16)15-7-9-29(25,26)12-15/h3-6,8,10,15H,7,9,11-12H2,1-2H3. The second-order valence-corrected chi connectivity index (χ2v) is 10.7. The first-order valence-electron chi connectivity index (χ1n) is 9.33. The summed E-state index contributed by atoms with van der Waals surface area (Å²) in [6.45, 7) is 4.04. The first kappa shape index (κ1) is 19.8. The second-order valence-electron chi connectivity index (χ2n) is 7.43. The van der Waals surface area contributed by atoms with Crippen LogP contribution in [0.5, 0.6) is 0 Å². The van der Waals surface area contributed by atoms with Crippen LogP contribution in [0, 0.1) is 13.8 Å². The SMILES string of the molecule is Cc1ccc2c(=O)cc(C(=O)N(Cc3cccs3)C3CCS(=O)(=O)C3)oc2c1C. The summed E-state index contributed by atoms with van der Waals surface area (Å²) in [5, 5.41) is 2.34. The summed E-state index contributed by atoms with van der Waals surface area (Å²) in [6.07, 6.45) is 0.384. The molecule has 1 saturated heterocycles. The zero-order chi connectivity index (χ0) is 20.8. The van der Waals surface area contributed by atoms with Gasteiger partial charge in [0.2, 0.25) is 0 Å². The lowest BCUT2D eigenvalue weighted by molar-refractivity contribution is 0.0650. The van der Waals surface area contributed by atoms with Gasteiger partial charge in [-0.1, -0.05) is 12.1 Å². The van der Waals surface area contributed by atoms with E-state index in [0.717, 1.165) is 16.0 Å². The Labute approximate surface area is 172 Å². The molecule has 1 amide bonds. The van der Waals surface area contributed by atoms with Gasteiger partial charge in [-0.15, -0.1) is 11.3 Å². The number of amides is 1. The predicted molar refractivity (Wildman–Crippen MR) is 113 cm³/mol. The molecule has 0 spiro atoms. The summed E-state index contributed by atoms with van der Waals surface area (Å²) in [5.74, 6) is -0.524. The molecule has 29 heavy (non-hydrogen) atoms. The van der Waals surface area contributed by atoms with E-state index in [4.69, 9.17) is 4.42 Å². The number of aryl methyl sites for hydroxylation is 2.